The topological polar surface area (TPSA) is 52.2 Å². The van der Waals surface area contributed by atoms with E-state index >= 15 is 0 Å². The molecule has 2 aromatic rings. The average Bonchev–Trinajstić information content (AvgIpc) is 2.87. The van der Waals surface area contributed by atoms with Crippen LogP contribution in [-0.2, 0) is 6.54 Å². The molecule has 1 atom stereocenters. The van der Waals surface area contributed by atoms with Gasteiger partial charge in [0, 0.05) is 23.8 Å². The number of aromatic nitrogens is 1. The predicted molar refractivity (Wildman–Crippen MR) is 86.0 cm³/mol. The SMILES string of the molecule is CCNC(=NCc1cc2ccccc2[nH]1)NC(C)CC. The second-order valence-corrected chi connectivity index (χ2v) is 5.03. The first-order chi connectivity index (χ1) is 9.72. The summed E-state index contributed by atoms with van der Waals surface area (Å²) in [7, 11) is 0. The van der Waals surface area contributed by atoms with Crippen LogP contribution in [0.5, 0.6) is 0 Å². The monoisotopic (exact) mass is 272 g/mol. The van der Waals surface area contributed by atoms with Gasteiger partial charge in [-0.25, -0.2) is 4.99 Å². The van der Waals surface area contributed by atoms with Crippen molar-refractivity contribution < 1.29 is 0 Å². The van der Waals surface area contributed by atoms with Crippen LogP contribution in [0.1, 0.15) is 32.9 Å². The van der Waals surface area contributed by atoms with Crippen molar-refractivity contribution in [2.24, 2.45) is 4.99 Å². The van der Waals surface area contributed by atoms with Crippen LogP contribution >= 0.6 is 0 Å². The smallest absolute Gasteiger partial charge is 0.191 e. The highest BCUT2D eigenvalue weighted by Crippen LogP contribution is 2.14. The molecule has 1 aromatic heterocycles. The lowest BCUT2D eigenvalue weighted by atomic mass is 10.2. The number of fused-ring (bicyclic) bond motifs is 1. The number of guanidine groups is 1. The number of hydrogen-bond acceptors (Lipinski definition) is 1. The van der Waals surface area contributed by atoms with E-state index < -0.39 is 0 Å². The largest absolute Gasteiger partial charge is 0.357 e. The van der Waals surface area contributed by atoms with Crippen molar-refractivity contribution in [1.29, 1.82) is 0 Å². The van der Waals surface area contributed by atoms with Crippen LogP contribution in [0.15, 0.2) is 35.3 Å². The Balaban J connectivity index is 2.07. The molecule has 0 fully saturated rings. The number of hydrogen-bond donors (Lipinski definition) is 3. The second-order valence-electron chi connectivity index (χ2n) is 5.03. The highest BCUT2D eigenvalue weighted by molar-refractivity contribution is 5.81. The highest BCUT2D eigenvalue weighted by Gasteiger charge is 2.03. The first kappa shape index (κ1) is 14.4. The van der Waals surface area contributed by atoms with Crippen molar-refractivity contribution in [1.82, 2.24) is 15.6 Å². The molecule has 0 radical (unpaired) electrons. The molecule has 0 aliphatic heterocycles. The minimum absolute atomic E-state index is 0.426. The summed E-state index contributed by atoms with van der Waals surface area (Å²) in [5.74, 6) is 0.875. The number of benzene rings is 1. The van der Waals surface area contributed by atoms with Gasteiger partial charge in [-0.15, -0.1) is 0 Å². The molecule has 0 aliphatic carbocycles. The summed E-state index contributed by atoms with van der Waals surface area (Å²) in [4.78, 5) is 8.03. The molecule has 2 rings (SSSR count). The van der Waals surface area contributed by atoms with Crippen molar-refractivity contribution >= 4 is 16.9 Å². The molecule has 108 valence electrons. The van der Waals surface area contributed by atoms with Gasteiger partial charge in [0.25, 0.3) is 0 Å². The molecule has 4 nitrogen and oxygen atoms in total. The zero-order valence-electron chi connectivity index (χ0n) is 12.5. The van der Waals surface area contributed by atoms with Gasteiger partial charge < -0.3 is 15.6 Å². The van der Waals surface area contributed by atoms with Gasteiger partial charge >= 0.3 is 0 Å². The number of aromatic amines is 1. The Kier molecular flexibility index (Phi) is 5.04. The van der Waals surface area contributed by atoms with E-state index in [9.17, 15) is 0 Å². The maximum absolute atomic E-state index is 4.63. The van der Waals surface area contributed by atoms with Crippen LogP contribution in [-0.4, -0.2) is 23.5 Å². The number of rotatable bonds is 5. The predicted octanol–water partition coefficient (Wildman–Crippen LogP) is 3.02. The molecule has 0 saturated heterocycles. The molecule has 0 spiro atoms. The Hall–Kier alpha value is -1.97. The number of para-hydroxylation sites is 1. The van der Waals surface area contributed by atoms with Gasteiger partial charge in [-0.05, 0) is 37.8 Å². The van der Waals surface area contributed by atoms with Crippen molar-refractivity contribution in [3.05, 3.63) is 36.0 Å². The number of H-pyrrole nitrogens is 1. The van der Waals surface area contributed by atoms with Crippen molar-refractivity contribution in [3.8, 4) is 0 Å². The van der Waals surface area contributed by atoms with Crippen molar-refractivity contribution in [3.63, 3.8) is 0 Å². The molecule has 1 aromatic carbocycles. The van der Waals surface area contributed by atoms with E-state index in [-0.39, 0.29) is 0 Å². The molecule has 4 heteroatoms. The first-order valence-corrected chi connectivity index (χ1v) is 7.34. The number of nitrogens with zero attached hydrogens (tertiary/aromatic N) is 1. The third-order valence-corrected chi connectivity index (χ3v) is 3.33. The molecule has 1 heterocycles. The fraction of sp³-hybridized carbons (Fsp3) is 0.438. The molecule has 0 amide bonds. The van der Waals surface area contributed by atoms with E-state index in [0.717, 1.165) is 30.1 Å². The molecule has 20 heavy (non-hydrogen) atoms. The zero-order valence-corrected chi connectivity index (χ0v) is 12.5. The summed E-state index contributed by atoms with van der Waals surface area (Å²) < 4.78 is 0. The van der Waals surface area contributed by atoms with E-state index in [0.29, 0.717) is 12.6 Å². The number of aliphatic imine (C=N–C) groups is 1. The van der Waals surface area contributed by atoms with E-state index in [1.807, 2.05) is 6.07 Å². The van der Waals surface area contributed by atoms with Gasteiger partial charge in [-0.3, -0.25) is 0 Å². The van der Waals surface area contributed by atoms with E-state index in [1.165, 1.54) is 5.39 Å². The standard InChI is InChI=1S/C16H24N4/c1-4-12(3)19-16(17-5-2)18-11-14-10-13-8-6-7-9-15(13)20-14/h6-10,12,20H,4-5,11H2,1-3H3,(H2,17,18,19). The Morgan fingerprint density at radius 3 is 2.80 bits per heavy atom. The zero-order chi connectivity index (χ0) is 14.4. The minimum atomic E-state index is 0.426. The molecular weight excluding hydrogens is 248 g/mol. The van der Waals surface area contributed by atoms with Crippen LogP contribution in [0, 0.1) is 0 Å². The first-order valence-electron chi connectivity index (χ1n) is 7.34. The summed E-state index contributed by atoms with van der Waals surface area (Å²) in [6.45, 7) is 7.93. The lowest BCUT2D eigenvalue weighted by Gasteiger charge is -2.15. The Morgan fingerprint density at radius 1 is 1.30 bits per heavy atom. The molecule has 1 unspecified atom stereocenters. The molecular formula is C16H24N4. The Bertz CT molecular complexity index is 538. The molecule has 0 aliphatic rings. The Labute approximate surface area is 120 Å². The summed E-state index contributed by atoms with van der Waals surface area (Å²) in [6, 6.07) is 10.9. The van der Waals surface area contributed by atoms with E-state index in [4.69, 9.17) is 0 Å². The average molecular weight is 272 g/mol. The number of nitrogens with one attached hydrogen (secondary N) is 3. The molecule has 0 bridgehead atoms. The third kappa shape index (κ3) is 3.76. The fourth-order valence-electron chi connectivity index (χ4n) is 2.04. The van der Waals surface area contributed by atoms with E-state index in [2.05, 4.69) is 65.6 Å². The van der Waals surface area contributed by atoms with Gasteiger partial charge in [0.05, 0.1) is 6.54 Å². The van der Waals surface area contributed by atoms with E-state index in [1.54, 1.807) is 0 Å². The summed E-state index contributed by atoms with van der Waals surface area (Å²) in [6.07, 6.45) is 1.08. The summed E-state index contributed by atoms with van der Waals surface area (Å²) >= 11 is 0. The molecule has 0 saturated carbocycles. The minimum Gasteiger partial charge on any atom is -0.357 e. The van der Waals surface area contributed by atoms with Crippen LogP contribution in [0.4, 0.5) is 0 Å². The lowest BCUT2D eigenvalue weighted by Crippen LogP contribution is -2.41. The van der Waals surface area contributed by atoms with Crippen molar-refractivity contribution in [2.75, 3.05) is 6.54 Å². The normalized spacial score (nSPS) is 13.4. The summed E-state index contributed by atoms with van der Waals surface area (Å²) in [5, 5.41) is 7.91. The maximum atomic E-state index is 4.63. The summed E-state index contributed by atoms with van der Waals surface area (Å²) in [5.41, 5.74) is 2.30. The maximum Gasteiger partial charge on any atom is 0.191 e. The van der Waals surface area contributed by atoms with Crippen LogP contribution in [0.25, 0.3) is 10.9 Å². The lowest BCUT2D eigenvalue weighted by molar-refractivity contribution is 0.624. The molecule has 3 N–H and O–H groups in total. The Morgan fingerprint density at radius 2 is 2.10 bits per heavy atom. The van der Waals surface area contributed by atoms with Crippen molar-refractivity contribution in [2.45, 2.75) is 39.8 Å². The highest BCUT2D eigenvalue weighted by atomic mass is 15.2. The fourth-order valence-corrected chi connectivity index (χ4v) is 2.04. The van der Waals surface area contributed by atoms with Crippen LogP contribution in [0.3, 0.4) is 0 Å². The third-order valence-electron chi connectivity index (χ3n) is 3.33. The van der Waals surface area contributed by atoms with Crippen LogP contribution < -0.4 is 10.6 Å². The van der Waals surface area contributed by atoms with Gasteiger partial charge in [0.1, 0.15) is 0 Å². The second kappa shape index (κ2) is 6.98. The quantitative estimate of drug-likeness (QED) is 0.579. The van der Waals surface area contributed by atoms with Gasteiger partial charge in [-0.2, -0.15) is 0 Å². The van der Waals surface area contributed by atoms with Gasteiger partial charge in [-0.1, -0.05) is 25.1 Å². The van der Waals surface area contributed by atoms with Gasteiger partial charge in [0.15, 0.2) is 5.96 Å². The van der Waals surface area contributed by atoms with Gasteiger partial charge in [0.2, 0.25) is 0 Å². The van der Waals surface area contributed by atoms with Crippen LogP contribution in [0.2, 0.25) is 0 Å².